The first-order chi connectivity index (χ1) is 55.6. The Hall–Kier alpha value is -11.7. The summed E-state index contributed by atoms with van der Waals surface area (Å²) in [6.45, 7) is 9.00. The molecule has 8 aromatic rings. The number of ether oxygens (including phenoxy) is 3. The number of carboxylic acid groups (broad SMARTS) is 2. The smallest absolute Gasteiger partial charge is 0.407 e. The molecule has 0 unspecified atom stereocenters. The first kappa shape index (κ1) is 89.2. The number of benzene rings is 8. The van der Waals surface area contributed by atoms with Gasteiger partial charge in [0.1, 0.15) is 52.8 Å². The van der Waals surface area contributed by atoms with Crippen LogP contribution in [0, 0.1) is 23.7 Å². The lowest BCUT2D eigenvalue weighted by Crippen LogP contribution is -2.45. The number of fused-ring (bicyclic) bond motifs is 10. The van der Waals surface area contributed by atoms with Gasteiger partial charge in [-0.05, 0) is 170 Å². The second kappa shape index (κ2) is 40.7. The Labute approximate surface area is 690 Å². The summed E-state index contributed by atoms with van der Waals surface area (Å²) in [6.07, 6.45) is 0.993. The molecule has 0 fully saturated rings. The molecule has 9 N–H and O–H groups in total. The lowest BCUT2D eigenvalue weighted by Gasteiger charge is -2.32. The van der Waals surface area contributed by atoms with E-state index in [0.717, 1.165) is 22.3 Å². The number of carboxylic acids is 2. The molecule has 117 heavy (non-hydrogen) atoms. The van der Waals surface area contributed by atoms with E-state index >= 15 is 0 Å². The number of Topliss-reactive ketones (excluding diaryl/α,β-unsaturated/α-hetero) is 4. The molecule has 0 saturated heterocycles. The van der Waals surface area contributed by atoms with Gasteiger partial charge in [-0.25, -0.2) is 14.4 Å². The largest absolute Gasteiger partial charge is 0.507 e. The van der Waals surface area contributed by atoms with Gasteiger partial charge in [-0.1, -0.05) is 147 Å². The van der Waals surface area contributed by atoms with Crippen LogP contribution in [0.25, 0.3) is 44.5 Å². The molecule has 26 heteroatoms. The van der Waals surface area contributed by atoms with E-state index in [1.165, 1.54) is 88.4 Å². The topological polar surface area (TPSA) is 365 Å². The van der Waals surface area contributed by atoms with Crippen molar-refractivity contribution >= 4 is 88.0 Å². The van der Waals surface area contributed by atoms with Crippen LogP contribution < -0.4 is 31.2 Å². The fourth-order valence-corrected chi connectivity index (χ4v) is 14.8. The zero-order valence-corrected chi connectivity index (χ0v) is 68.4. The van der Waals surface area contributed by atoms with Crippen molar-refractivity contribution in [3.05, 3.63) is 213 Å². The third-order valence-electron chi connectivity index (χ3n) is 20.9. The molecule has 8 bridgehead atoms. The highest BCUT2D eigenvalue weighted by Gasteiger charge is 2.39. The van der Waals surface area contributed by atoms with Gasteiger partial charge in [0.25, 0.3) is 0 Å². The molecule has 5 amide bonds. The summed E-state index contributed by atoms with van der Waals surface area (Å²) in [7, 11) is 5.97. The number of phenols is 2. The number of nitrogens with one attached hydrogen (secondary N) is 3. The van der Waals surface area contributed by atoms with Crippen LogP contribution >= 0.6 is 23.2 Å². The molecule has 2 aliphatic rings. The van der Waals surface area contributed by atoms with Gasteiger partial charge in [0.15, 0.2) is 23.1 Å². The van der Waals surface area contributed by atoms with E-state index in [2.05, 4.69) is 16.0 Å². The highest BCUT2D eigenvalue weighted by molar-refractivity contribution is 6.31. The molecule has 24 nitrogen and oxygen atoms in total. The molecule has 616 valence electrons. The number of hydrogen-bond acceptors (Lipinski definition) is 17. The number of rotatable bonds is 25. The maximum Gasteiger partial charge on any atom is 0.407 e. The van der Waals surface area contributed by atoms with Gasteiger partial charge in [-0.3, -0.25) is 38.4 Å². The molecule has 8 atom stereocenters. The van der Waals surface area contributed by atoms with Crippen LogP contribution in [0.5, 0.6) is 23.0 Å². The van der Waals surface area contributed by atoms with E-state index in [0.29, 0.717) is 105 Å². The van der Waals surface area contributed by atoms with Crippen LogP contribution in [-0.4, -0.2) is 154 Å². The van der Waals surface area contributed by atoms with Crippen LogP contribution in [0.15, 0.2) is 170 Å². The molecule has 0 spiro atoms. The number of methoxy groups -OCH3 is 2. The van der Waals surface area contributed by atoms with Gasteiger partial charge in [0, 0.05) is 126 Å². The van der Waals surface area contributed by atoms with Gasteiger partial charge < -0.3 is 66.1 Å². The first-order valence-corrected chi connectivity index (χ1v) is 39.5. The second-order valence-electron chi connectivity index (χ2n) is 30.7. The Morgan fingerprint density at radius 2 is 0.872 bits per heavy atom. The van der Waals surface area contributed by atoms with Crippen LogP contribution in [0.2, 0.25) is 10.0 Å². The zero-order chi connectivity index (χ0) is 85.1. The Morgan fingerprint density at radius 3 is 1.29 bits per heavy atom. The van der Waals surface area contributed by atoms with Crippen molar-refractivity contribution in [2.75, 3.05) is 41.4 Å². The number of unbranched alkanes of at least 4 members (excludes halogenated alkanes) is 2. The van der Waals surface area contributed by atoms with Crippen LogP contribution in [0.3, 0.4) is 0 Å². The molecule has 0 aromatic heterocycles. The van der Waals surface area contributed by atoms with E-state index in [4.69, 9.17) is 43.1 Å². The molecular weight excluding hydrogens is 1540 g/mol. The third-order valence-corrected chi connectivity index (χ3v) is 21.4. The lowest BCUT2D eigenvalue weighted by atomic mass is 9.88. The molecule has 0 saturated carbocycles. The Bertz CT molecular complexity index is 4950. The SMILES string of the molecule is COc1ccc2cc1-c1cc(ccc1OC)[C@H](N(C)C(=O)[C@H](CCCCNC(=O)OC(C)(C)C)CC(=O)c1ccc(-c3ccc(Cl)cc3)cc1)C(=O)C[C@@H](C)C(=O)N[C@H](C(=O)O)C2.C[C@@H]1CC(=O)[C@@H](N(C)C(=O)[C@H](CCCCN)CC(=O)c2ccc(-c3ccc(Cl)cc3)cc2)c2ccc(O)c(c2)-c2cc(ccc2O)C[C@@H](C(=O)O)NC1=O. The number of alkyl carbamates (subject to hydrolysis) is 1. The number of aromatic hydroxyl groups is 2. The number of phenolic OH excluding ortho intramolecular Hbond substituents is 2. The number of ketones is 4. The van der Waals surface area contributed by atoms with Gasteiger partial charge in [-0.2, -0.15) is 0 Å². The summed E-state index contributed by atoms with van der Waals surface area (Å²) in [4.78, 5) is 152. The third kappa shape index (κ3) is 23.8. The molecule has 10 rings (SSSR count). The van der Waals surface area contributed by atoms with Gasteiger partial charge >= 0.3 is 18.0 Å². The number of carbonyl (C=O) groups excluding carboxylic acids is 9. The maximum atomic E-state index is 14.9. The average molecular weight is 1640 g/mol. The fourth-order valence-electron chi connectivity index (χ4n) is 14.5. The molecule has 2 aliphatic heterocycles. The number of hydrogen-bond donors (Lipinski definition) is 8. The summed E-state index contributed by atoms with van der Waals surface area (Å²) < 4.78 is 16.8. The summed E-state index contributed by atoms with van der Waals surface area (Å²) in [6, 6.07) is 42.7. The molecule has 2 heterocycles. The Morgan fingerprint density at radius 1 is 0.504 bits per heavy atom. The number of nitrogens with zero attached hydrogens (tertiary/aromatic N) is 2. The highest BCUT2D eigenvalue weighted by Crippen LogP contribution is 2.43. The van der Waals surface area contributed by atoms with Crippen molar-refractivity contribution in [1.29, 1.82) is 0 Å². The van der Waals surface area contributed by atoms with Gasteiger partial charge in [0.2, 0.25) is 23.6 Å². The van der Waals surface area contributed by atoms with E-state index in [9.17, 15) is 73.2 Å². The van der Waals surface area contributed by atoms with Crippen LogP contribution in [-0.2, 0) is 55.9 Å². The average Bonchev–Trinajstić information content (AvgIpc) is 0.784. The standard InChI is InChI=1S/C49H56ClN3O10.C42H44ClN3O8/c1-29-24-41(55)44(34-18-22-43(62-7)38(27-34)37-25-30(11-21-42(37)61-6)26-39(47(58)59)52-45(29)56)53(5)46(57)35(10-8-9-23-51-48(60)63-49(2,3)4)28-40(54)33-14-12-31(13-15-33)32-16-19-36(50)20-17-32;1-24-19-38(50)39(29-13-17-36(48)33(22-29)32-20-25(6-16-35(32)47)21-34(42(53)54)45-40(24)51)46(2)41(52)30(5-3-4-18-44)23-37(49)28-9-7-26(8-10-28)27-11-14-31(43)15-12-27/h11-22,25,27,29,35,39,44H,8-10,23-24,26,28H2,1-7H3,(H,51,60)(H,52,56)(H,58,59);6-17,20,22,24,30,34,39,47-48H,3-5,18-19,21,23,44H2,1-2H3,(H,45,51)(H,53,54)/t29-,35-,39+,44+;24-,30-,34+,39+/m11/s1. The number of aliphatic carboxylic acids is 2. The highest BCUT2D eigenvalue weighted by atomic mass is 35.5. The second-order valence-corrected chi connectivity index (χ2v) is 31.6. The summed E-state index contributed by atoms with van der Waals surface area (Å²) >= 11 is 12.1. The minimum atomic E-state index is -1.34. The maximum absolute atomic E-state index is 14.9. The molecule has 0 radical (unpaired) electrons. The van der Waals surface area contributed by atoms with Gasteiger partial charge in [-0.15, -0.1) is 0 Å². The fraction of sp³-hybridized carbons (Fsp3) is 0.352. The number of likely N-dealkylation sites (N-methyl/N-ethyl adjacent to an activating group) is 2. The predicted molar refractivity (Wildman–Crippen MR) is 445 cm³/mol. The van der Waals surface area contributed by atoms with E-state index < -0.39 is 107 Å². The Kier molecular flexibility index (Phi) is 31.0. The molecular formula is C91H100Cl2N6O18. The van der Waals surface area contributed by atoms with Crippen LogP contribution in [0.4, 0.5) is 4.79 Å². The van der Waals surface area contributed by atoms with Crippen LogP contribution in [0.1, 0.15) is 154 Å². The quantitative estimate of drug-likeness (QED) is 0.0195. The number of nitrogens with two attached hydrogens (primary N) is 1. The molecule has 8 aromatic carbocycles. The Balaban J connectivity index is 0.000000270. The molecule has 0 aliphatic carbocycles. The minimum Gasteiger partial charge on any atom is -0.507 e. The van der Waals surface area contributed by atoms with E-state index in [1.54, 1.807) is 106 Å². The van der Waals surface area contributed by atoms with E-state index in [-0.39, 0.29) is 85.7 Å². The van der Waals surface area contributed by atoms with Gasteiger partial charge in [0.05, 0.1) is 14.2 Å². The monoisotopic (exact) mass is 1630 g/mol. The van der Waals surface area contributed by atoms with E-state index in [1.807, 2.05) is 48.5 Å². The zero-order valence-electron chi connectivity index (χ0n) is 66.9. The predicted octanol–water partition coefficient (Wildman–Crippen LogP) is 14.8. The van der Waals surface area contributed by atoms with Crippen molar-refractivity contribution in [2.45, 2.75) is 141 Å². The number of carbonyl (C=O) groups is 11. The van der Waals surface area contributed by atoms with Crippen molar-refractivity contribution in [2.24, 2.45) is 29.4 Å². The summed E-state index contributed by atoms with van der Waals surface area (Å²) in [5.41, 5.74) is 12.7. The van der Waals surface area contributed by atoms with Crippen molar-refractivity contribution in [1.82, 2.24) is 25.8 Å². The van der Waals surface area contributed by atoms with Crippen molar-refractivity contribution in [3.63, 3.8) is 0 Å². The normalized spacial score (nSPS) is 17.4. The number of amides is 5. The van der Waals surface area contributed by atoms with Crippen molar-refractivity contribution < 1.29 is 87.4 Å². The summed E-state index contributed by atoms with van der Waals surface area (Å²) in [5.74, 6) is -9.45. The first-order valence-electron chi connectivity index (χ1n) is 38.8. The lowest BCUT2D eigenvalue weighted by molar-refractivity contribution is -0.144. The van der Waals surface area contributed by atoms with Crippen molar-refractivity contribution in [3.8, 4) is 67.5 Å². The summed E-state index contributed by atoms with van der Waals surface area (Å²) in [5, 5.41) is 50.8. The minimum absolute atomic E-state index is 0.0374. The number of halogens is 2.